The van der Waals surface area contributed by atoms with Crippen molar-refractivity contribution in [3.8, 4) is 0 Å². The number of hydrogen-bond donors (Lipinski definition) is 0. The number of ether oxygens (including phenoxy) is 1. The standard InChI is InChI=1S/C7H12ClN3OS/c1-3-11(4-5-12-2)7-6(8)9-13-10-7/h3-5H2,1-2H3. The Labute approximate surface area is 86.8 Å². The van der Waals surface area contributed by atoms with Gasteiger partial charge in [0.1, 0.15) is 0 Å². The molecule has 0 fully saturated rings. The first-order valence-electron chi connectivity index (χ1n) is 4.01. The summed E-state index contributed by atoms with van der Waals surface area (Å²) >= 11 is 6.98. The number of halogens is 1. The van der Waals surface area contributed by atoms with Crippen LogP contribution in [0.5, 0.6) is 0 Å². The van der Waals surface area contributed by atoms with E-state index in [2.05, 4.69) is 8.75 Å². The summed E-state index contributed by atoms with van der Waals surface area (Å²) in [5.41, 5.74) is 0. The molecule has 1 aromatic rings. The van der Waals surface area contributed by atoms with Crippen molar-refractivity contribution in [2.45, 2.75) is 6.92 Å². The molecule has 1 aromatic heterocycles. The second kappa shape index (κ2) is 5.36. The molecule has 0 atom stereocenters. The lowest BCUT2D eigenvalue weighted by atomic mass is 10.5. The summed E-state index contributed by atoms with van der Waals surface area (Å²) in [5.74, 6) is 0.756. The molecule has 0 saturated carbocycles. The lowest BCUT2D eigenvalue weighted by molar-refractivity contribution is 0.205. The van der Waals surface area contributed by atoms with Crippen LogP contribution in [0.15, 0.2) is 0 Å². The highest BCUT2D eigenvalue weighted by Gasteiger charge is 2.12. The Morgan fingerprint density at radius 1 is 1.54 bits per heavy atom. The third kappa shape index (κ3) is 2.79. The molecule has 0 radical (unpaired) electrons. The van der Waals surface area contributed by atoms with Gasteiger partial charge >= 0.3 is 0 Å². The van der Waals surface area contributed by atoms with Crippen LogP contribution in [0.1, 0.15) is 6.92 Å². The zero-order valence-electron chi connectivity index (χ0n) is 7.66. The van der Waals surface area contributed by atoms with Crippen LogP contribution in [0.25, 0.3) is 0 Å². The van der Waals surface area contributed by atoms with Gasteiger partial charge in [0.2, 0.25) is 0 Å². The average Bonchev–Trinajstić information content (AvgIpc) is 2.54. The molecular weight excluding hydrogens is 210 g/mol. The fourth-order valence-corrected chi connectivity index (χ4v) is 1.75. The fourth-order valence-electron chi connectivity index (χ4n) is 0.977. The average molecular weight is 222 g/mol. The third-order valence-electron chi connectivity index (χ3n) is 1.68. The van der Waals surface area contributed by atoms with Crippen LogP contribution in [0.3, 0.4) is 0 Å². The number of hydrogen-bond acceptors (Lipinski definition) is 5. The summed E-state index contributed by atoms with van der Waals surface area (Å²) in [4.78, 5) is 2.04. The van der Waals surface area contributed by atoms with Crippen LogP contribution in [0, 0.1) is 0 Å². The monoisotopic (exact) mass is 221 g/mol. The number of nitrogens with zero attached hydrogens (tertiary/aromatic N) is 3. The number of anilines is 1. The fraction of sp³-hybridized carbons (Fsp3) is 0.714. The molecule has 0 saturated heterocycles. The maximum Gasteiger partial charge on any atom is 0.187 e. The molecule has 0 bridgehead atoms. The van der Waals surface area contributed by atoms with Crippen LogP contribution in [0.4, 0.5) is 5.82 Å². The predicted molar refractivity (Wildman–Crippen MR) is 54.7 cm³/mol. The van der Waals surface area contributed by atoms with Crippen molar-refractivity contribution in [3.05, 3.63) is 5.15 Å². The molecule has 1 heterocycles. The Kier molecular flexibility index (Phi) is 4.41. The van der Waals surface area contributed by atoms with Crippen molar-refractivity contribution in [1.29, 1.82) is 0 Å². The third-order valence-corrected chi connectivity index (χ3v) is 2.55. The van der Waals surface area contributed by atoms with Crippen LogP contribution in [0.2, 0.25) is 5.15 Å². The van der Waals surface area contributed by atoms with E-state index < -0.39 is 0 Å². The highest BCUT2D eigenvalue weighted by molar-refractivity contribution is 6.99. The van der Waals surface area contributed by atoms with E-state index in [-0.39, 0.29) is 0 Å². The highest BCUT2D eigenvalue weighted by Crippen LogP contribution is 2.22. The van der Waals surface area contributed by atoms with Crippen molar-refractivity contribution in [1.82, 2.24) is 8.75 Å². The minimum absolute atomic E-state index is 0.475. The van der Waals surface area contributed by atoms with Crippen molar-refractivity contribution in [2.24, 2.45) is 0 Å². The van der Waals surface area contributed by atoms with Gasteiger partial charge in [-0.15, -0.1) is 0 Å². The maximum atomic E-state index is 5.85. The summed E-state index contributed by atoms with van der Waals surface area (Å²) < 4.78 is 13.0. The van der Waals surface area contributed by atoms with E-state index in [1.807, 2.05) is 11.8 Å². The van der Waals surface area contributed by atoms with Gasteiger partial charge in [0.25, 0.3) is 0 Å². The summed E-state index contributed by atoms with van der Waals surface area (Å²) in [5, 5.41) is 0.475. The second-order valence-electron chi connectivity index (χ2n) is 2.45. The zero-order valence-corrected chi connectivity index (χ0v) is 9.23. The van der Waals surface area contributed by atoms with Gasteiger partial charge in [-0.25, -0.2) is 0 Å². The molecular formula is C7H12ClN3OS. The van der Waals surface area contributed by atoms with E-state index in [0.29, 0.717) is 11.8 Å². The van der Waals surface area contributed by atoms with Gasteiger partial charge in [0.05, 0.1) is 18.3 Å². The minimum Gasteiger partial charge on any atom is -0.383 e. The summed E-state index contributed by atoms with van der Waals surface area (Å²) in [6, 6.07) is 0. The molecule has 1 rings (SSSR count). The first kappa shape index (κ1) is 10.7. The maximum absolute atomic E-state index is 5.85. The number of aromatic nitrogens is 2. The SMILES string of the molecule is CCN(CCOC)c1nsnc1Cl. The van der Waals surface area contributed by atoms with Gasteiger partial charge < -0.3 is 9.64 Å². The number of rotatable bonds is 5. The highest BCUT2D eigenvalue weighted by atomic mass is 35.5. The van der Waals surface area contributed by atoms with Crippen LogP contribution in [-0.4, -0.2) is 35.6 Å². The van der Waals surface area contributed by atoms with Gasteiger partial charge in [0.15, 0.2) is 11.0 Å². The normalized spacial score (nSPS) is 10.4. The van der Waals surface area contributed by atoms with Crippen molar-refractivity contribution >= 4 is 29.1 Å². The van der Waals surface area contributed by atoms with E-state index in [4.69, 9.17) is 16.3 Å². The van der Waals surface area contributed by atoms with Crippen molar-refractivity contribution in [2.75, 3.05) is 31.7 Å². The molecule has 0 spiro atoms. The summed E-state index contributed by atoms with van der Waals surface area (Å²) in [6.07, 6.45) is 0. The minimum atomic E-state index is 0.475. The van der Waals surface area contributed by atoms with Gasteiger partial charge in [-0.05, 0) is 6.92 Å². The lowest BCUT2D eigenvalue weighted by Gasteiger charge is -2.19. The number of methoxy groups -OCH3 is 1. The first-order valence-corrected chi connectivity index (χ1v) is 5.12. The molecule has 0 aliphatic rings. The Morgan fingerprint density at radius 2 is 2.31 bits per heavy atom. The first-order chi connectivity index (χ1) is 6.29. The van der Waals surface area contributed by atoms with E-state index in [1.54, 1.807) is 7.11 Å². The molecule has 0 amide bonds. The van der Waals surface area contributed by atoms with E-state index in [1.165, 1.54) is 0 Å². The largest absolute Gasteiger partial charge is 0.383 e. The quantitative estimate of drug-likeness (QED) is 0.758. The van der Waals surface area contributed by atoms with Crippen LogP contribution >= 0.6 is 23.3 Å². The van der Waals surface area contributed by atoms with Crippen LogP contribution < -0.4 is 4.90 Å². The summed E-state index contributed by atoms with van der Waals surface area (Å²) in [6.45, 7) is 4.36. The van der Waals surface area contributed by atoms with Gasteiger partial charge in [0, 0.05) is 20.2 Å². The topological polar surface area (TPSA) is 38.2 Å². The number of likely N-dealkylation sites (N-methyl/N-ethyl adjacent to an activating group) is 1. The Balaban J connectivity index is 2.61. The van der Waals surface area contributed by atoms with E-state index in [0.717, 1.165) is 30.6 Å². The molecule has 4 nitrogen and oxygen atoms in total. The molecule has 0 unspecified atom stereocenters. The molecule has 6 heteroatoms. The Bertz CT molecular complexity index is 256. The Morgan fingerprint density at radius 3 is 2.77 bits per heavy atom. The van der Waals surface area contributed by atoms with Gasteiger partial charge in [-0.2, -0.15) is 8.75 Å². The predicted octanol–water partition coefficient (Wildman–Crippen LogP) is 1.66. The lowest BCUT2D eigenvalue weighted by Crippen LogP contribution is -2.27. The van der Waals surface area contributed by atoms with E-state index in [9.17, 15) is 0 Å². The zero-order chi connectivity index (χ0) is 9.68. The molecule has 74 valence electrons. The van der Waals surface area contributed by atoms with Crippen LogP contribution in [-0.2, 0) is 4.74 Å². The molecule has 0 aliphatic heterocycles. The summed E-state index contributed by atoms with van der Waals surface area (Å²) in [7, 11) is 1.68. The van der Waals surface area contributed by atoms with Crippen molar-refractivity contribution < 1.29 is 4.74 Å². The van der Waals surface area contributed by atoms with Gasteiger partial charge in [-0.1, -0.05) is 11.6 Å². The smallest absolute Gasteiger partial charge is 0.187 e. The van der Waals surface area contributed by atoms with E-state index >= 15 is 0 Å². The molecule has 0 aromatic carbocycles. The molecule has 0 N–H and O–H groups in total. The molecule has 13 heavy (non-hydrogen) atoms. The van der Waals surface area contributed by atoms with Gasteiger partial charge in [-0.3, -0.25) is 0 Å². The molecule has 0 aliphatic carbocycles. The Hall–Kier alpha value is -0.390. The second-order valence-corrected chi connectivity index (χ2v) is 3.34. The van der Waals surface area contributed by atoms with Crippen molar-refractivity contribution in [3.63, 3.8) is 0 Å².